The van der Waals surface area contributed by atoms with E-state index in [2.05, 4.69) is 22.5 Å². The van der Waals surface area contributed by atoms with Crippen molar-refractivity contribution in [1.29, 1.82) is 0 Å². The van der Waals surface area contributed by atoms with Gasteiger partial charge in [0.05, 0.1) is 5.69 Å². The van der Waals surface area contributed by atoms with Crippen molar-refractivity contribution < 1.29 is 14.0 Å². The Morgan fingerprint density at radius 3 is 2.75 bits per heavy atom. The monoisotopic (exact) mass is 394 g/mol. The van der Waals surface area contributed by atoms with Crippen molar-refractivity contribution >= 4 is 39.0 Å². The number of nitrogens with two attached hydrogens (primary N) is 1. The van der Waals surface area contributed by atoms with Crippen molar-refractivity contribution in [3.8, 4) is 5.69 Å². The molecule has 4 aromatic rings. The second kappa shape index (κ2) is 7.05. The molecule has 0 bridgehead atoms. The van der Waals surface area contributed by atoms with Crippen molar-refractivity contribution in [1.82, 2.24) is 10.3 Å². The van der Waals surface area contributed by atoms with Crippen LogP contribution in [0.4, 0.5) is 11.6 Å². The van der Waals surface area contributed by atoms with Crippen molar-refractivity contribution in [2.24, 2.45) is 0 Å². The highest BCUT2D eigenvalue weighted by molar-refractivity contribution is 7.21. The van der Waals surface area contributed by atoms with E-state index in [4.69, 9.17) is 10.3 Å². The third-order valence-corrected chi connectivity index (χ3v) is 5.84. The van der Waals surface area contributed by atoms with Gasteiger partial charge in [-0.3, -0.25) is 14.6 Å². The lowest BCUT2D eigenvalue weighted by molar-refractivity contribution is -0.670. The van der Waals surface area contributed by atoms with Crippen LogP contribution in [0.1, 0.15) is 33.4 Å². The molecule has 0 aliphatic rings. The number of carbonyl (C=O) groups is 1. The van der Waals surface area contributed by atoms with Crippen LogP contribution < -0.4 is 15.7 Å². The Bertz CT molecular complexity index is 1180. The fourth-order valence-electron chi connectivity index (χ4n) is 3.38. The van der Waals surface area contributed by atoms with Crippen LogP contribution in [0.5, 0.6) is 0 Å². The molecule has 8 heteroatoms. The number of aromatic nitrogens is 3. The minimum Gasteiger partial charge on any atom is -0.397 e. The summed E-state index contributed by atoms with van der Waals surface area (Å²) < 4.78 is 6.78. The second-order valence-corrected chi connectivity index (χ2v) is 7.48. The van der Waals surface area contributed by atoms with Crippen molar-refractivity contribution in [3.63, 3.8) is 0 Å². The lowest BCUT2D eigenvalue weighted by Crippen LogP contribution is -2.31. The Morgan fingerprint density at radius 1 is 1.29 bits per heavy atom. The maximum absolute atomic E-state index is 12.8. The number of nitrogen functional groups attached to an aromatic ring is 1. The van der Waals surface area contributed by atoms with Gasteiger partial charge in [0, 0.05) is 23.2 Å². The lowest BCUT2D eigenvalue weighted by Gasteiger charge is -2.08. The Hall–Kier alpha value is -3.26. The molecule has 0 saturated heterocycles. The number of aryl methyl sites for hydroxylation is 2. The van der Waals surface area contributed by atoms with E-state index in [9.17, 15) is 4.79 Å². The van der Waals surface area contributed by atoms with Crippen LogP contribution in [0, 0.1) is 13.8 Å². The van der Waals surface area contributed by atoms with Crippen LogP contribution >= 0.6 is 11.3 Å². The van der Waals surface area contributed by atoms with Gasteiger partial charge in [-0.1, -0.05) is 25.1 Å². The number of pyridine rings is 1. The number of amides is 1. The molecule has 0 atom stereocenters. The Morgan fingerprint density at radius 2 is 2.04 bits per heavy atom. The molecule has 28 heavy (non-hydrogen) atoms. The molecule has 4 rings (SSSR count). The normalized spacial score (nSPS) is 11.1. The first-order chi connectivity index (χ1) is 13.5. The summed E-state index contributed by atoms with van der Waals surface area (Å²) in [6.07, 6.45) is 2.48. The van der Waals surface area contributed by atoms with Crippen LogP contribution in [0.2, 0.25) is 0 Å². The molecule has 0 aliphatic carbocycles. The highest BCUT2D eigenvalue weighted by Crippen LogP contribution is 2.37. The predicted molar refractivity (Wildman–Crippen MR) is 109 cm³/mol. The third kappa shape index (κ3) is 3.01. The van der Waals surface area contributed by atoms with Gasteiger partial charge in [-0.05, 0) is 36.1 Å². The summed E-state index contributed by atoms with van der Waals surface area (Å²) in [5, 5.41) is 7.52. The van der Waals surface area contributed by atoms with Crippen molar-refractivity contribution in [2.75, 3.05) is 11.1 Å². The van der Waals surface area contributed by atoms with Gasteiger partial charge in [0.15, 0.2) is 0 Å². The van der Waals surface area contributed by atoms with Crippen molar-refractivity contribution in [3.05, 3.63) is 58.2 Å². The summed E-state index contributed by atoms with van der Waals surface area (Å²) in [7, 11) is 0. The van der Waals surface area contributed by atoms with Gasteiger partial charge in [-0.15, -0.1) is 11.3 Å². The number of thiophene rings is 1. The third-order valence-electron chi connectivity index (χ3n) is 4.74. The molecule has 1 aromatic carbocycles. The molecule has 0 aliphatic heterocycles. The first-order valence-corrected chi connectivity index (χ1v) is 9.74. The maximum atomic E-state index is 12.8. The van der Waals surface area contributed by atoms with E-state index < -0.39 is 0 Å². The van der Waals surface area contributed by atoms with Crippen LogP contribution in [0.25, 0.3) is 15.9 Å². The van der Waals surface area contributed by atoms with Crippen LogP contribution in [-0.2, 0) is 6.42 Å². The molecule has 0 radical (unpaired) electrons. The maximum Gasteiger partial charge on any atom is 0.303 e. The molecule has 1 amide bonds. The van der Waals surface area contributed by atoms with Gasteiger partial charge in [-0.2, -0.15) is 0 Å². The molecular weight excluding hydrogens is 374 g/mol. The largest absolute Gasteiger partial charge is 0.397 e. The van der Waals surface area contributed by atoms with E-state index in [0.717, 1.165) is 33.6 Å². The van der Waals surface area contributed by atoms with E-state index in [1.54, 1.807) is 10.9 Å². The first kappa shape index (κ1) is 18.1. The lowest BCUT2D eigenvalue weighted by atomic mass is 10.0. The number of hydrogen-bond donors (Lipinski definition) is 2. The molecule has 0 fully saturated rings. The second-order valence-electron chi connectivity index (χ2n) is 6.48. The zero-order valence-corrected chi connectivity index (χ0v) is 16.6. The number of rotatable bonds is 4. The summed E-state index contributed by atoms with van der Waals surface area (Å²) >= 11 is 1.28. The van der Waals surface area contributed by atoms with E-state index >= 15 is 0 Å². The minimum atomic E-state index is -0.341. The Labute approximate surface area is 165 Å². The quantitative estimate of drug-likeness (QED) is 0.516. The summed E-state index contributed by atoms with van der Waals surface area (Å²) in [6, 6.07) is 9.49. The summed E-state index contributed by atoms with van der Waals surface area (Å²) in [6.45, 7) is 6.10. The first-order valence-electron chi connectivity index (χ1n) is 8.93. The summed E-state index contributed by atoms with van der Waals surface area (Å²) in [4.78, 5) is 18.6. The van der Waals surface area contributed by atoms with Gasteiger partial charge < -0.3 is 5.73 Å². The van der Waals surface area contributed by atoms with Crippen LogP contribution in [-0.4, -0.2) is 16.2 Å². The summed E-state index contributed by atoms with van der Waals surface area (Å²) in [5.74, 6) is -0.104. The fourth-order valence-corrected chi connectivity index (χ4v) is 4.47. The molecule has 3 N–H and O–H groups in total. The number of fused-ring (bicyclic) bond motifs is 1. The number of nitrogens with one attached hydrogen (secondary N) is 1. The molecule has 3 aromatic heterocycles. The zero-order valence-electron chi connectivity index (χ0n) is 15.8. The molecule has 3 heterocycles. The number of nitrogens with zero attached hydrogens (tertiary/aromatic N) is 3. The zero-order chi connectivity index (χ0) is 19.8. The molecule has 0 spiro atoms. The van der Waals surface area contributed by atoms with Gasteiger partial charge in [0.2, 0.25) is 11.0 Å². The Kier molecular flexibility index (Phi) is 4.56. The van der Waals surface area contributed by atoms with E-state index in [1.165, 1.54) is 16.9 Å². The van der Waals surface area contributed by atoms with E-state index in [0.29, 0.717) is 10.6 Å². The molecule has 0 saturated carbocycles. The van der Waals surface area contributed by atoms with Gasteiger partial charge >= 0.3 is 5.88 Å². The Balaban J connectivity index is 1.66. The average Bonchev–Trinajstić information content (AvgIpc) is 3.27. The van der Waals surface area contributed by atoms with Crippen molar-refractivity contribution in [2.45, 2.75) is 27.2 Å². The van der Waals surface area contributed by atoms with E-state index in [1.807, 2.05) is 44.2 Å². The summed E-state index contributed by atoms with van der Waals surface area (Å²) in [5.41, 5.74) is 10.8. The highest BCUT2D eigenvalue weighted by Gasteiger charge is 2.23. The van der Waals surface area contributed by atoms with Gasteiger partial charge in [0.1, 0.15) is 9.71 Å². The van der Waals surface area contributed by atoms with Gasteiger partial charge in [-0.25, -0.2) is 4.98 Å². The SMILES string of the molecule is CCc1c(C)nc2sc(C(=O)Nc3c[n+](-c4ccccc4)no3)c(N)c2c1C. The molecule has 0 unspecified atom stereocenters. The number of anilines is 2. The number of carbonyl (C=O) groups excluding carboxylic acids is 1. The smallest absolute Gasteiger partial charge is 0.303 e. The number of hydrogen-bond acceptors (Lipinski definition) is 6. The highest BCUT2D eigenvalue weighted by atomic mass is 32.1. The van der Waals surface area contributed by atoms with Crippen LogP contribution in [0.3, 0.4) is 0 Å². The fraction of sp³-hybridized carbons (Fsp3) is 0.200. The molecule has 142 valence electrons. The predicted octanol–water partition coefficient (Wildman–Crippen LogP) is 3.57. The van der Waals surface area contributed by atoms with Crippen LogP contribution in [0.15, 0.2) is 41.1 Å². The minimum absolute atomic E-state index is 0.237. The number of para-hydroxylation sites is 1. The molecule has 7 nitrogen and oxygen atoms in total. The standard InChI is InChI=1S/C20H19N5O2S/c1-4-14-11(2)16-17(21)18(28-20(16)22-12(14)3)19(26)23-15-10-25(24-27-15)13-8-6-5-7-9-13/h5-10H,4H2,1-3H3,(H2-,21,23,24,26)/p+1. The topological polar surface area (TPSA) is 97.9 Å². The average molecular weight is 394 g/mol. The van der Waals surface area contributed by atoms with E-state index in [-0.39, 0.29) is 11.8 Å². The van der Waals surface area contributed by atoms with Gasteiger partial charge in [0.25, 0.3) is 12.1 Å². The number of benzene rings is 1. The molecular formula is C20H20N5O2S+.